The largest absolute Gasteiger partial charge is 0.469 e. The molecule has 84 valence electrons. The molecule has 0 unspecified atom stereocenters. The quantitative estimate of drug-likeness (QED) is 0.484. The number of aliphatic hydroxyl groups excluding tert-OH is 1. The van der Waals surface area contributed by atoms with Crippen molar-refractivity contribution in [3.8, 4) is 0 Å². The molecule has 0 radical (unpaired) electrons. The Morgan fingerprint density at radius 1 is 1.36 bits per heavy atom. The molecule has 0 aromatic rings. The molecule has 0 aliphatic carbocycles. The standard InChI is InChI=1S/C11H22O3/c1-3-10(8-9-12)6-4-5-7-11(13)14-2/h10,12H,3-9H2,1-2H3/t10-/m1/s1. The molecule has 3 nitrogen and oxygen atoms in total. The van der Waals surface area contributed by atoms with Crippen LogP contribution in [0.5, 0.6) is 0 Å². The number of hydrogen-bond acceptors (Lipinski definition) is 3. The minimum Gasteiger partial charge on any atom is -0.469 e. The van der Waals surface area contributed by atoms with Gasteiger partial charge in [-0.05, 0) is 18.8 Å². The molecule has 3 heteroatoms. The van der Waals surface area contributed by atoms with Gasteiger partial charge in [0.1, 0.15) is 0 Å². The second-order valence-corrected chi connectivity index (χ2v) is 3.61. The molecule has 0 spiro atoms. The SMILES string of the molecule is CC[C@@H](CCO)CCCCC(=O)OC. The predicted molar refractivity (Wildman–Crippen MR) is 56.0 cm³/mol. The molecule has 0 rings (SSSR count). The second kappa shape index (κ2) is 9.00. The van der Waals surface area contributed by atoms with E-state index in [4.69, 9.17) is 5.11 Å². The predicted octanol–water partition coefficient (Wildman–Crippen LogP) is 2.13. The van der Waals surface area contributed by atoms with Crippen molar-refractivity contribution in [1.82, 2.24) is 0 Å². The number of rotatable bonds is 8. The van der Waals surface area contributed by atoms with Crippen molar-refractivity contribution in [2.75, 3.05) is 13.7 Å². The fourth-order valence-corrected chi connectivity index (χ4v) is 1.54. The smallest absolute Gasteiger partial charge is 0.305 e. The van der Waals surface area contributed by atoms with Crippen LogP contribution in [0.25, 0.3) is 0 Å². The summed E-state index contributed by atoms with van der Waals surface area (Å²) in [6.07, 6.45) is 5.57. The van der Waals surface area contributed by atoms with Gasteiger partial charge in [0.15, 0.2) is 0 Å². The van der Waals surface area contributed by atoms with E-state index in [0.717, 1.165) is 32.1 Å². The molecule has 0 aromatic heterocycles. The van der Waals surface area contributed by atoms with Crippen LogP contribution in [0.2, 0.25) is 0 Å². The summed E-state index contributed by atoms with van der Waals surface area (Å²) in [6, 6.07) is 0. The topological polar surface area (TPSA) is 46.5 Å². The van der Waals surface area contributed by atoms with Crippen LogP contribution in [-0.2, 0) is 9.53 Å². The highest BCUT2D eigenvalue weighted by Gasteiger charge is 2.06. The van der Waals surface area contributed by atoms with Crippen LogP contribution in [0.15, 0.2) is 0 Å². The first-order valence-corrected chi connectivity index (χ1v) is 5.42. The highest BCUT2D eigenvalue weighted by Crippen LogP contribution is 2.16. The third-order valence-electron chi connectivity index (χ3n) is 2.59. The van der Waals surface area contributed by atoms with Crippen molar-refractivity contribution in [2.24, 2.45) is 5.92 Å². The molecule has 0 aliphatic heterocycles. The normalized spacial score (nSPS) is 12.5. The molecular formula is C11H22O3. The number of ether oxygens (including phenoxy) is 1. The van der Waals surface area contributed by atoms with Gasteiger partial charge in [-0.2, -0.15) is 0 Å². The maximum absolute atomic E-state index is 10.8. The third kappa shape index (κ3) is 6.89. The maximum atomic E-state index is 10.8. The summed E-state index contributed by atoms with van der Waals surface area (Å²) < 4.78 is 4.55. The monoisotopic (exact) mass is 202 g/mol. The first-order chi connectivity index (χ1) is 6.74. The van der Waals surface area contributed by atoms with E-state index < -0.39 is 0 Å². The Morgan fingerprint density at radius 3 is 2.57 bits per heavy atom. The van der Waals surface area contributed by atoms with E-state index in [9.17, 15) is 4.79 Å². The fourth-order valence-electron chi connectivity index (χ4n) is 1.54. The lowest BCUT2D eigenvalue weighted by molar-refractivity contribution is -0.140. The number of methoxy groups -OCH3 is 1. The molecule has 14 heavy (non-hydrogen) atoms. The van der Waals surface area contributed by atoms with Gasteiger partial charge in [0, 0.05) is 13.0 Å². The van der Waals surface area contributed by atoms with Gasteiger partial charge in [-0.1, -0.05) is 26.2 Å². The van der Waals surface area contributed by atoms with Crippen molar-refractivity contribution in [1.29, 1.82) is 0 Å². The number of esters is 1. The van der Waals surface area contributed by atoms with E-state index in [0.29, 0.717) is 12.3 Å². The number of hydrogen-bond donors (Lipinski definition) is 1. The first kappa shape index (κ1) is 13.4. The van der Waals surface area contributed by atoms with Crippen molar-refractivity contribution in [2.45, 2.75) is 45.4 Å². The van der Waals surface area contributed by atoms with Gasteiger partial charge in [-0.15, -0.1) is 0 Å². The van der Waals surface area contributed by atoms with E-state index in [1.165, 1.54) is 7.11 Å². The second-order valence-electron chi connectivity index (χ2n) is 3.61. The van der Waals surface area contributed by atoms with Gasteiger partial charge < -0.3 is 9.84 Å². The van der Waals surface area contributed by atoms with Gasteiger partial charge in [0.05, 0.1) is 7.11 Å². The lowest BCUT2D eigenvalue weighted by atomic mass is 9.96. The zero-order valence-electron chi connectivity index (χ0n) is 9.29. The molecule has 0 bridgehead atoms. The summed E-state index contributed by atoms with van der Waals surface area (Å²) in [5.74, 6) is 0.484. The van der Waals surface area contributed by atoms with E-state index in [2.05, 4.69) is 11.7 Å². The maximum Gasteiger partial charge on any atom is 0.305 e. The summed E-state index contributed by atoms with van der Waals surface area (Å²) in [6.45, 7) is 2.41. The Labute approximate surface area is 86.5 Å². The van der Waals surface area contributed by atoms with Crippen LogP contribution < -0.4 is 0 Å². The van der Waals surface area contributed by atoms with E-state index in [1.807, 2.05) is 0 Å². The first-order valence-electron chi connectivity index (χ1n) is 5.42. The molecular weight excluding hydrogens is 180 g/mol. The minimum absolute atomic E-state index is 0.125. The lowest BCUT2D eigenvalue weighted by Crippen LogP contribution is -2.03. The summed E-state index contributed by atoms with van der Waals surface area (Å²) >= 11 is 0. The van der Waals surface area contributed by atoms with E-state index >= 15 is 0 Å². The van der Waals surface area contributed by atoms with Crippen molar-refractivity contribution < 1.29 is 14.6 Å². The molecule has 0 saturated carbocycles. The molecule has 0 aromatic carbocycles. The summed E-state index contributed by atoms with van der Waals surface area (Å²) in [4.78, 5) is 10.8. The van der Waals surface area contributed by atoms with E-state index in [1.54, 1.807) is 0 Å². The zero-order chi connectivity index (χ0) is 10.8. The van der Waals surface area contributed by atoms with Crippen LogP contribution >= 0.6 is 0 Å². The Morgan fingerprint density at radius 2 is 2.07 bits per heavy atom. The van der Waals surface area contributed by atoms with Crippen molar-refractivity contribution >= 4 is 5.97 Å². The summed E-state index contributed by atoms with van der Waals surface area (Å²) in [5.41, 5.74) is 0. The molecule has 0 aliphatic rings. The fraction of sp³-hybridized carbons (Fsp3) is 0.909. The molecule has 0 amide bonds. The van der Waals surface area contributed by atoms with E-state index in [-0.39, 0.29) is 12.6 Å². The lowest BCUT2D eigenvalue weighted by Gasteiger charge is -2.12. The molecule has 0 saturated heterocycles. The molecule has 1 atom stereocenters. The highest BCUT2D eigenvalue weighted by molar-refractivity contribution is 5.68. The number of aliphatic hydroxyl groups is 1. The Bertz CT molecular complexity index is 145. The van der Waals surface area contributed by atoms with Gasteiger partial charge >= 0.3 is 5.97 Å². The van der Waals surface area contributed by atoms with Crippen LogP contribution in [0.1, 0.15) is 45.4 Å². The number of carbonyl (C=O) groups excluding carboxylic acids is 1. The Kier molecular flexibility index (Phi) is 8.64. The molecule has 0 heterocycles. The van der Waals surface area contributed by atoms with Crippen LogP contribution in [0.4, 0.5) is 0 Å². The summed E-state index contributed by atoms with van der Waals surface area (Å²) in [7, 11) is 1.42. The molecule has 0 fully saturated rings. The van der Waals surface area contributed by atoms with Gasteiger partial charge in [-0.3, -0.25) is 4.79 Å². The van der Waals surface area contributed by atoms with Crippen LogP contribution in [-0.4, -0.2) is 24.8 Å². The van der Waals surface area contributed by atoms with Crippen molar-refractivity contribution in [3.05, 3.63) is 0 Å². The van der Waals surface area contributed by atoms with Crippen LogP contribution in [0.3, 0.4) is 0 Å². The van der Waals surface area contributed by atoms with Crippen LogP contribution in [0, 0.1) is 5.92 Å². The van der Waals surface area contributed by atoms with Crippen molar-refractivity contribution in [3.63, 3.8) is 0 Å². The Balaban J connectivity index is 3.37. The minimum atomic E-state index is -0.125. The average Bonchev–Trinajstić information content (AvgIpc) is 2.22. The average molecular weight is 202 g/mol. The zero-order valence-corrected chi connectivity index (χ0v) is 9.29. The van der Waals surface area contributed by atoms with Gasteiger partial charge in [0.25, 0.3) is 0 Å². The summed E-state index contributed by atoms with van der Waals surface area (Å²) in [5, 5.41) is 8.78. The third-order valence-corrected chi connectivity index (χ3v) is 2.59. The van der Waals surface area contributed by atoms with Gasteiger partial charge in [-0.25, -0.2) is 0 Å². The van der Waals surface area contributed by atoms with Gasteiger partial charge in [0.2, 0.25) is 0 Å². The Hall–Kier alpha value is -0.570. The number of unbranched alkanes of at least 4 members (excludes halogenated alkanes) is 1. The number of carbonyl (C=O) groups is 1. The highest BCUT2D eigenvalue weighted by atomic mass is 16.5. The molecule has 1 N–H and O–H groups in total.